The summed E-state index contributed by atoms with van der Waals surface area (Å²) in [7, 11) is -4.07. The molecule has 0 aromatic heterocycles. The molecule has 2 rings (SSSR count). The highest BCUT2D eigenvalue weighted by atomic mass is 32.2. The van der Waals surface area contributed by atoms with Gasteiger partial charge in [0.2, 0.25) is 0 Å². The Morgan fingerprint density at radius 1 is 1.15 bits per heavy atom. The predicted octanol–water partition coefficient (Wildman–Crippen LogP) is 2.81. The molecule has 2 aromatic carbocycles. The smallest absolute Gasteiger partial charge is 0.264 e. The molecule has 1 N–H and O–H groups in total. The third-order valence-electron chi connectivity index (χ3n) is 2.76. The molecule has 0 unspecified atom stereocenters. The van der Waals surface area contributed by atoms with Crippen LogP contribution in [0.5, 0.6) is 0 Å². The van der Waals surface area contributed by atoms with Gasteiger partial charge in [-0.25, -0.2) is 12.8 Å². The van der Waals surface area contributed by atoms with Crippen molar-refractivity contribution >= 4 is 15.7 Å². The summed E-state index contributed by atoms with van der Waals surface area (Å²) < 4.78 is 40.1. The highest BCUT2D eigenvalue weighted by Crippen LogP contribution is 2.23. The van der Waals surface area contributed by atoms with Crippen molar-refractivity contribution in [2.45, 2.75) is 11.8 Å². The summed E-state index contributed by atoms with van der Waals surface area (Å²) in [6, 6.07) is 11.8. The van der Waals surface area contributed by atoms with Gasteiger partial charge in [-0.1, -0.05) is 24.3 Å². The van der Waals surface area contributed by atoms with Gasteiger partial charge in [-0.2, -0.15) is 5.26 Å². The lowest BCUT2D eigenvalue weighted by molar-refractivity contribution is 0.570. The van der Waals surface area contributed by atoms with Gasteiger partial charge >= 0.3 is 0 Å². The van der Waals surface area contributed by atoms with Gasteiger partial charge in [0.05, 0.1) is 11.3 Å². The number of rotatable bonds is 3. The van der Waals surface area contributed by atoms with Crippen LogP contribution in [0.25, 0.3) is 0 Å². The van der Waals surface area contributed by atoms with Crippen LogP contribution in [0.4, 0.5) is 10.1 Å². The molecule has 0 atom stereocenters. The monoisotopic (exact) mass is 290 g/mol. The van der Waals surface area contributed by atoms with E-state index >= 15 is 0 Å². The van der Waals surface area contributed by atoms with E-state index in [4.69, 9.17) is 5.26 Å². The molecule has 2 aromatic rings. The second-order valence-corrected chi connectivity index (χ2v) is 5.80. The molecule has 0 aliphatic carbocycles. The maximum absolute atomic E-state index is 13.6. The first-order valence-corrected chi connectivity index (χ1v) is 7.21. The van der Waals surface area contributed by atoms with E-state index in [0.29, 0.717) is 5.56 Å². The number of nitriles is 1. The molecular weight excluding hydrogens is 279 g/mol. The third-order valence-corrected chi connectivity index (χ3v) is 4.15. The zero-order valence-corrected chi connectivity index (χ0v) is 11.4. The quantitative estimate of drug-likeness (QED) is 0.945. The lowest BCUT2D eigenvalue weighted by Gasteiger charge is -2.11. The maximum Gasteiger partial charge on any atom is 0.264 e. The zero-order valence-electron chi connectivity index (χ0n) is 10.6. The fourth-order valence-corrected chi connectivity index (χ4v) is 2.92. The van der Waals surface area contributed by atoms with E-state index in [9.17, 15) is 12.8 Å². The molecule has 0 saturated carbocycles. The Morgan fingerprint density at radius 3 is 2.50 bits per heavy atom. The Hall–Kier alpha value is -2.39. The van der Waals surface area contributed by atoms with Crippen molar-refractivity contribution in [1.29, 1.82) is 5.26 Å². The lowest BCUT2D eigenvalue weighted by atomic mass is 10.1. The number of anilines is 1. The number of hydrogen-bond acceptors (Lipinski definition) is 3. The summed E-state index contributed by atoms with van der Waals surface area (Å²) in [5, 5.41) is 9.06. The van der Waals surface area contributed by atoms with Gasteiger partial charge in [-0.3, -0.25) is 4.72 Å². The van der Waals surface area contributed by atoms with Gasteiger partial charge in [-0.05, 0) is 30.7 Å². The number of nitrogens with one attached hydrogen (secondary N) is 1. The first-order valence-electron chi connectivity index (χ1n) is 5.73. The van der Waals surface area contributed by atoms with E-state index in [1.807, 2.05) is 6.07 Å². The second-order valence-electron chi connectivity index (χ2n) is 4.15. The first-order chi connectivity index (χ1) is 9.45. The summed E-state index contributed by atoms with van der Waals surface area (Å²) in [4.78, 5) is -0.453. The standard InChI is InChI=1S/C14H11FN2O2S/c1-10-5-4-7-13(11(10)9-16)17-20(18,19)14-8-3-2-6-12(14)15/h2-8,17H,1H3. The van der Waals surface area contributed by atoms with Gasteiger partial charge in [-0.15, -0.1) is 0 Å². The van der Waals surface area contributed by atoms with E-state index < -0.39 is 20.7 Å². The summed E-state index contributed by atoms with van der Waals surface area (Å²) in [6.45, 7) is 1.69. The predicted molar refractivity (Wildman–Crippen MR) is 73.1 cm³/mol. The topological polar surface area (TPSA) is 70.0 Å². The molecule has 0 radical (unpaired) electrons. The van der Waals surface area contributed by atoms with Gasteiger partial charge in [0.1, 0.15) is 16.8 Å². The molecule has 0 bridgehead atoms. The molecule has 4 nitrogen and oxygen atoms in total. The Balaban J connectivity index is 2.48. The van der Waals surface area contributed by atoms with E-state index in [1.54, 1.807) is 19.1 Å². The molecule has 0 spiro atoms. The number of hydrogen-bond donors (Lipinski definition) is 1. The van der Waals surface area contributed by atoms with Crippen LogP contribution in [0.1, 0.15) is 11.1 Å². The van der Waals surface area contributed by atoms with Crippen LogP contribution in [-0.2, 0) is 10.0 Å². The Labute approximate surface area is 116 Å². The normalized spacial score (nSPS) is 10.8. The number of sulfonamides is 1. The summed E-state index contributed by atoms with van der Waals surface area (Å²) >= 11 is 0. The second kappa shape index (κ2) is 5.31. The summed E-state index contributed by atoms with van der Waals surface area (Å²) in [6.07, 6.45) is 0. The van der Waals surface area contributed by atoms with Crippen LogP contribution in [0.3, 0.4) is 0 Å². The summed E-state index contributed by atoms with van der Waals surface area (Å²) in [5.41, 5.74) is 0.990. The van der Waals surface area contributed by atoms with E-state index in [1.165, 1.54) is 24.3 Å². The van der Waals surface area contributed by atoms with Crippen LogP contribution in [0.15, 0.2) is 47.4 Å². The lowest BCUT2D eigenvalue weighted by Crippen LogP contribution is -2.15. The van der Waals surface area contributed by atoms with E-state index in [-0.39, 0.29) is 11.3 Å². The van der Waals surface area contributed by atoms with Crippen LogP contribution >= 0.6 is 0 Å². The average Bonchev–Trinajstić information content (AvgIpc) is 2.39. The van der Waals surface area contributed by atoms with Crippen LogP contribution < -0.4 is 4.72 Å². The highest BCUT2D eigenvalue weighted by Gasteiger charge is 2.20. The van der Waals surface area contributed by atoms with Crippen LogP contribution in [0.2, 0.25) is 0 Å². The fourth-order valence-electron chi connectivity index (χ4n) is 1.76. The number of halogens is 1. The fraction of sp³-hybridized carbons (Fsp3) is 0.0714. The van der Waals surface area contributed by atoms with Crippen molar-refractivity contribution < 1.29 is 12.8 Å². The largest absolute Gasteiger partial charge is 0.278 e. The first kappa shape index (κ1) is 14.0. The van der Waals surface area contributed by atoms with Crippen molar-refractivity contribution in [1.82, 2.24) is 0 Å². The van der Waals surface area contributed by atoms with Gasteiger partial charge < -0.3 is 0 Å². The number of benzene rings is 2. The average molecular weight is 290 g/mol. The molecule has 0 aliphatic rings. The van der Waals surface area contributed by atoms with Crippen molar-refractivity contribution in [3.05, 3.63) is 59.4 Å². The Bertz CT molecular complexity index is 795. The van der Waals surface area contributed by atoms with Crippen LogP contribution in [-0.4, -0.2) is 8.42 Å². The minimum absolute atomic E-state index is 0.135. The van der Waals surface area contributed by atoms with Crippen molar-refractivity contribution in [2.24, 2.45) is 0 Å². The molecule has 102 valence electrons. The van der Waals surface area contributed by atoms with Crippen molar-refractivity contribution in [3.63, 3.8) is 0 Å². The SMILES string of the molecule is Cc1cccc(NS(=O)(=O)c2ccccc2F)c1C#N. The highest BCUT2D eigenvalue weighted by molar-refractivity contribution is 7.92. The molecule has 0 saturated heterocycles. The van der Waals surface area contributed by atoms with Gasteiger partial charge in [0, 0.05) is 0 Å². The Morgan fingerprint density at radius 2 is 1.85 bits per heavy atom. The minimum Gasteiger partial charge on any atom is -0.278 e. The summed E-state index contributed by atoms with van der Waals surface area (Å²) in [5.74, 6) is -0.842. The van der Waals surface area contributed by atoms with Crippen molar-refractivity contribution in [3.8, 4) is 6.07 Å². The molecule has 0 heterocycles. The molecule has 20 heavy (non-hydrogen) atoms. The number of aryl methyl sites for hydroxylation is 1. The minimum atomic E-state index is -4.07. The van der Waals surface area contributed by atoms with E-state index in [0.717, 1.165) is 6.07 Å². The zero-order chi connectivity index (χ0) is 14.8. The van der Waals surface area contributed by atoms with Crippen LogP contribution in [0, 0.1) is 24.1 Å². The molecule has 0 fully saturated rings. The van der Waals surface area contributed by atoms with E-state index in [2.05, 4.69) is 4.72 Å². The molecular formula is C14H11FN2O2S. The van der Waals surface area contributed by atoms with Gasteiger partial charge in [0.25, 0.3) is 10.0 Å². The third kappa shape index (κ3) is 2.63. The van der Waals surface area contributed by atoms with Gasteiger partial charge in [0.15, 0.2) is 0 Å². The molecule has 6 heteroatoms. The maximum atomic E-state index is 13.6. The Kier molecular flexibility index (Phi) is 3.72. The molecule has 0 amide bonds. The van der Waals surface area contributed by atoms with Crippen molar-refractivity contribution in [2.75, 3.05) is 4.72 Å². The molecule has 0 aliphatic heterocycles. The number of nitrogens with zero attached hydrogens (tertiary/aromatic N) is 1.